The van der Waals surface area contributed by atoms with Crippen molar-refractivity contribution in [1.82, 2.24) is 10.6 Å². The van der Waals surface area contributed by atoms with E-state index in [-0.39, 0.29) is 24.9 Å². The van der Waals surface area contributed by atoms with E-state index in [1.807, 2.05) is 30.3 Å². The number of halogens is 1. The molecule has 1 aromatic carbocycles. The molecule has 4 nitrogen and oxygen atoms in total. The van der Waals surface area contributed by atoms with Crippen LogP contribution in [0.2, 0.25) is 0 Å². The molecule has 1 amide bonds. The Bertz CT molecular complexity index is 382. The van der Waals surface area contributed by atoms with Crippen LogP contribution in [0.4, 0.5) is 0 Å². The van der Waals surface area contributed by atoms with Crippen LogP contribution in [0, 0.1) is 5.92 Å². The fourth-order valence-electron chi connectivity index (χ4n) is 1.78. The van der Waals surface area contributed by atoms with E-state index in [0.717, 1.165) is 18.0 Å². The summed E-state index contributed by atoms with van der Waals surface area (Å²) in [5.41, 5.74) is 0.823. The maximum atomic E-state index is 11.5. The second-order valence-corrected chi connectivity index (χ2v) is 4.80. The zero-order valence-electron chi connectivity index (χ0n) is 10.8. The molecule has 106 valence electrons. The van der Waals surface area contributed by atoms with Gasteiger partial charge in [-0.2, -0.15) is 0 Å². The van der Waals surface area contributed by atoms with Crippen LogP contribution in [-0.4, -0.2) is 30.6 Å². The number of benzene rings is 1. The standard InChI is InChI=1S/C14H20N2O2.ClH/c17-13(12-4-2-1-3-5-12)9-16-14(18)10-15-8-11-6-7-11;/h1-5,11,13,15,17H,6-10H2,(H,16,18);1H. The molecule has 2 rings (SSSR count). The van der Waals surface area contributed by atoms with Crippen molar-refractivity contribution in [3.8, 4) is 0 Å². The summed E-state index contributed by atoms with van der Waals surface area (Å²) in [6.07, 6.45) is 1.92. The Morgan fingerprint density at radius 1 is 1.32 bits per heavy atom. The smallest absolute Gasteiger partial charge is 0.234 e. The number of amides is 1. The third kappa shape index (κ3) is 6.05. The average Bonchev–Trinajstić information content (AvgIpc) is 3.21. The number of aliphatic hydroxyl groups excluding tert-OH is 1. The van der Waals surface area contributed by atoms with Crippen molar-refractivity contribution in [3.05, 3.63) is 35.9 Å². The predicted octanol–water partition coefficient (Wildman–Crippen LogP) is 1.26. The van der Waals surface area contributed by atoms with Crippen molar-refractivity contribution < 1.29 is 9.90 Å². The minimum absolute atomic E-state index is 0. The van der Waals surface area contributed by atoms with Gasteiger partial charge in [-0.3, -0.25) is 4.79 Å². The molecule has 0 bridgehead atoms. The Labute approximate surface area is 120 Å². The van der Waals surface area contributed by atoms with Crippen LogP contribution in [0.15, 0.2) is 30.3 Å². The fraction of sp³-hybridized carbons (Fsp3) is 0.500. The van der Waals surface area contributed by atoms with Crippen LogP contribution in [0.25, 0.3) is 0 Å². The van der Waals surface area contributed by atoms with Gasteiger partial charge in [0.15, 0.2) is 0 Å². The maximum absolute atomic E-state index is 11.5. The number of hydrogen-bond acceptors (Lipinski definition) is 3. The highest BCUT2D eigenvalue weighted by molar-refractivity contribution is 5.85. The summed E-state index contributed by atoms with van der Waals surface area (Å²) in [5, 5.41) is 15.7. The number of hydrogen-bond donors (Lipinski definition) is 3. The highest BCUT2D eigenvalue weighted by Gasteiger charge is 2.20. The summed E-state index contributed by atoms with van der Waals surface area (Å²) in [6, 6.07) is 9.34. The van der Waals surface area contributed by atoms with Gasteiger partial charge in [0.1, 0.15) is 0 Å². The van der Waals surface area contributed by atoms with E-state index in [1.54, 1.807) is 0 Å². The predicted molar refractivity (Wildman–Crippen MR) is 77.3 cm³/mol. The first-order chi connectivity index (χ1) is 8.75. The molecule has 1 aromatic rings. The zero-order chi connectivity index (χ0) is 12.8. The normalized spacial score (nSPS) is 15.4. The molecule has 5 heteroatoms. The van der Waals surface area contributed by atoms with Gasteiger partial charge < -0.3 is 15.7 Å². The molecule has 3 N–H and O–H groups in total. The molecule has 0 saturated heterocycles. The summed E-state index contributed by atoms with van der Waals surface area (Å²) < 4.78 is 0. The fourth-order valence-corrected chi connectivity index (χ4v) is 1.78. The quantitative estimate of drug-likeness (QED) is 0.706. The van der Waals surface area contributed by atoms with E-state index in [9.17, 15) is 9.90 Å². The van der Waals surface area contributed by atoms with E-state index in [0.29, 0.717) is 6.54 Å². The largest absolute Gasteiger partial charge is 0.387 e. The summed E-state index contributed by atoms with van der Waals surface area (Å²) in [5.74, 6) is 0.707. The second kappa shape index (κ2) is 8.15. The minimum atomic E-state index is -0.640. The molecular weight excluding hydrogens is 264 g/mol. The highest BCUT2D eigenvalue weighted by atomic mass is 35.5. The van der Waals surface area contributed by atoms with Crippen LogP contribution in [0.1, 0.15) is 24.5 Å². The molecule has 1 fully saturated rings. The van der Waals surface area contributed by atoms with Crippen molar-refractivity contribution in [2.75, 3.05) is 19.6 Å². The number of rotatable bonds is 7. The SMILES string of the molecule is Cl.O=C(CNCC1CC1)NCC(O)c1ccccc1. The summed E-state index contributed by atoms with van der Waals surface area (Å²) in [6.45, 7) is 1.51. The first-order valence-corrected chi connectivity index (χ1v) is 6.46. The maximum Gasteiger partial charge on any atom is 0.234 e. The lowest BCUT2D eigenvalue weighted by molar-refractivity contribution is -0.120. The summed E-state index contributed by atoms with van der Waals surface area (Å²) in [7, 11) is 0. The Morgan fingerprint density at radius 3 is 2.63 bits per heavy atom. The van der Waals surface area contributed by atoms with Gasteiger partial charge in [-0.1, -0.05) is 30.3 Å². The highest BCUT2D eigenvalue weighted by Crippen LogP contribution is 2.27. The van der Waals surface area contributed by atoms with Crippen LogP contribution < -0.4 is 10.6 Å². The van der Waals surface area contributed by atoms with Gasteiger partial charge in [0, 0.05) is 6.54 Å². The Morgan fingerprint density at radius 2 is 2.00 bits per heavy atom. The van der Waals surface area contributed by atoms with E-state index < -0.39 is 6.10 Å². The van der Waals surface area contributed by atoms with Gasteiger partial charge in [0.25, 0.3) is 0 Å². The van der Waals surface area contributed by atoms with Gasteiger partial charge in [-0.05, 0) is 30.9 Å². The van der Waals surface area contributed by atoms with Crippen molar-refractivity contribution in [2.24, 2.45) is 5.92 Å². The van der Waals surface area contributed by atoms with Gasteiger partial charge in [0.2, 0.25) is 5.91 Å². The molecule has 1 saturated carbocycles. The van der Waals surface area contributed by atoms with E-state index in [2.05, 4.69) is 10.6 Å². The molecule has 19 heavy (non-hydrogen) atoms. The molecule has 0 aromatic heterocycles. The molecule has 0 aliphatic heterocycles. The Hall–Kier alpha value is -1.10. The Balaban J connectivity index is 0.00000180. The number of carbonyl (C=O) groups excluding carboxylic acids is 1. The number of nitrogens with one attached hydrogen (secondary N) is 2. The Kier molecular flexibility index (Phi) is 6.84. The van der Waals surface area contributed by atoms with Gasteiger partial charge in [0.05, 0.1) is 12.6 Å². The van der Waals surface area contributed by atoms with Crippen molar-refractivity contribution in [2.45, 2.75) is 18.9 Å². The monoisotopic (exact) mass is 284 g/mol. The number of aliphatic hydroxyl groups is 1. The molecule has 0 heterocycles. The van der Waals surface area contributed by atoms with Crippen molar-refractivity contribution in [1.29, 1.82) is 0 Å². The van der Waals surface area contributed by atoms with E-state index >= 15 is 0 Å². The molecule has 1 unspecified atom stereocenters. The van der Waals surface area contributed by atoms with Gasteiger partial charge in [-0.25, -0.2) is 0 Å². The molecule has 0 spiro atoms. The molecule has 0 radical (unpaired) electrons. The van der Waals surface area contributed by atoms with E-state index in [1.165, 1.54) is 12.8 Å². The third-order valence-corrected chi connectivity index (χ3v) is 3.09. The minimum Gasteiger partial charge on any atom is -0.387 e. The second-order valence-electron chi connectivity index (χ2n) is 4.80. The first-order valence-electron chi connectivity index (χ1n) is 6.46. The van der Waals surface area contributed by atoms with E-state index in [4.69, 9.17) is 0 Å². The van der Waals surface area contributed by atoms with Gasteiger partial charge in [-0.15, -0.1) is 12.4 Å². The topological polar surface area (TPSA) is 61.4 Å². The van der Waals surface area contributed by atoms with Crippen LogP contribution >= 0.6 is 12.4 Å². The molecule has 1 atom stereocenters. The first kappa shape index (κ1) is 16.0. The van der Waals surface area contributed by atoms with Crippen LogP contribution in [0.5, 0.6) is 0 Å². The third-order valence-electron chi connectivity index (χ3n) is 3.09. The lowest BCUT2D eigenvalue weighted by atomic mass is 10.1. The molecular formula is C14H21ClN2O2. The van der Waals surface area contributed by atoms with Gasteiger partial charge >= 0.3 is 0 Å². The average molecular weight is 285 g/mol. The summed E-state index contributed by atoms with van der Waals surface area (Å²) >= 11 is 0. The van der Waals surface area contributed by atoms with Crippen molar-refractivity contribution >= 4 is 18.3 Å². The number of carbonyl (C=O) groups is 1. The zero-order valence-corrected chi connectivity index (χ0v) is 11.7. The van der Waals surface area contributed by atoms with Crippen LogP contribution in [-0.2, 0) is 4.79 Å². The lowest BCUT2D eigenvalue weighted by Crippen LogP contribution is -2.36. The lowest BCUT2D eigenvalue weighted by Gasteiger charge is -2.12. The molecule has 1 aliphatic rings. The molecule has 1 aliphatic carbocycles. The van der Waals surface area contributed by atoms with Crippen molar-refractivity contribution in [3.63, 3.8) is 0 Å². The summed E-state index contributed by atoms with van der Waals surface area (Å²) in [4.78, 5) is 11.5. The van der Waals surface area contributed by atoms with Crippen LogP contribution in [0.3, 0.4) is 0 Å².